The Labute approximate surface area is 105 Å². The summed E-state index contributed by atoms with van der Waals surface area (Å²) in [5, 5.41) is 7.97. The fourth-order valence-electron chi connectivity index (χ4n) is 2.55. The van der Waals surface area contributed by atoms with E-state index in [4.69, 9.17) is 5.73 Å². The van der Waals surface area contributed by atoms with Crippen LogP contribution in [0.2, 0.25) is 0 Å². The highest BCUT2D eigenvalue weighted by molar-refractivity contribution is 5.72. The SMILES string of the molecule is NC(=O)N1CCc2nn3c(c2C1)CNC/C=C\C3. The van der Waals surface area contributed by atoms with Crippen molar-refractivity contribution >= 4 is 6.03 Å². The quantitative estimate of drug-likeness (QED) is 0.633. The molecule has 1 aromatic rings. The molecule has 1 aromatic heterocycles. The smallest absolute Gasteiger partial charge is 0.315 e. The highest BCUT2D eigenvalue weighted by Gasteiger charge is 2.25. The van der Waals surface area contributed by atoms with Crippen LogP contribution in [0.3, 0.4) is 0 Å². The first-order valence-corrected chi connectivity index (χ1v) is 6.23. The van der Waals surface area contributed by atoms with Crippen LogP contribution >= 0.6 is 0 Å². The van der Waals surface area contributed by atoms with Crippen molar-refractivity contribution in [2.45, 2.75) is 26.1 Å². The second-order valence-corrected chi connectivity index (χ2v) is 4.67. The molecule has 0 unspecified atom stereocenters. The van der Waals surface area contributed by atoms with Gasteiger partial charge in [-0.15, -0.1) is 0 Å². The molecule has 18 heavy (non-hydrogen) atoms. The topological polar surface area (TPSA) is 76.2 Å². The molecule has 0 aromatic carbocycles. The number of carbonyl (C=O) groups is 1. The maximum absolute atomic E-state index is 11.3. The molecule has 0 bridgehead atoms. The fourth-order valence-corrected chi connectivity index (χ4v) is 2.55. The number of carbonyl (C=O) groups excluding carboxylic acids is 1. The van der Waals surface area contributed by atoms with Crippen molar-refractivity contribution in [1.29, 1.82) is 0 Å². The van der Waals surface area contributed by atoms with Gasteiger partial charge in [-0.05, 0) is 0 Å². The number of nitrogens with one attached hydrogen (secondary N) is 1. The van der Waals surface area contributed by atoms with E-state index in [-0.39, 0.29) is 6.03 Å². The monoisotopic (exact) mass is 247 g/mol. The third-order valence-corrected chi connectivity index (χ3v) is 3.53. The van der Waals surface area contributed by atoms with E-state index in [1.807, 2.05) is 4.68 Å². The molecule has 96 valence electrons. The summed E-state index contributed by atoms with van der Waals surface area (Å²) in [7, 11) is 0. The van der Waals surface area contributed by atoms with Crippen LogP contribution in [0.4, 0.5) is 4.79 Å². The largest absolute Gasteiger partial charge is 0.351 e. The van der Waals surface area contributed by atoms with Crippen molar-refractivity contribution in [3.63, 3.8) is 0 Å². The lowest BCUT2D eigenvalue weighted by atomic mass is 10.1. The number of urea groups is 1. The molecule has 2 aliphatic rings. The van der Waals surface area contributed by atoms with E-state index in [1.165, 1.54) is 11.3 Å². The third kappa shape index (κ3) is 1.88. The fraction of sp³-hybridized carbons (Fsp3) is 0.500. The van der Waals surface area contributed by atoms with Gasteiger partial charge >= 0.3 is 6.03 Å². The van der Waals surface area contributed by atoms with Gasteiger partial charge in [0.25, 0.3) is 0 Å². The molecule has 3 rings (SSSR count). The number of rotatable bonds is 0. The summed E-state index contributed by atoms with van der Waals surface area (Å²) in [6, 6.07) is -0.348. The molecule has 3 N–H and O–H groups in total. The van der Waals surface area contributed by atoms with Gasteiger partial charge in [0.05, 0.1) is 24.5 Å². The summed E-state index contributed by atoms with van der Waals surface area (Å²) in [5.41, 5.74) is 8.82. The summed E-state index contributed by atoms with van der Waals surface area (Å²) in [4.78, 5) is 13.0. The normalized spacial score (nSPS) is 20.6. The van der Waals surface area contributed by atoms with Crippen LogP contribution in [-0.4, -0.2) is 33.8 Å². The predicted octanol–water partition coefficient (Wildman–Crippen LogP) is -0.0207. The predicted molar refractivity (Wildman–Crippen MR) is 66.8 cm³/mol. The van der Waals surface area contributed by atoms with E-state index in [9.17, 15) is 4.79 Å². The molecule has 2 aliphatic heterocycles. The van der Waals surface area contributed by atoms with Crippen molar-refractivity contribution in [2.75, 3.05) is 13.1 Å². The maximum Gasteiger partial charge on any atom is 0.315 e. The first kappa shape index (κ1) is 11.3. The van der Waals surface area contributed by atoms with E-state index in [1.54, 1.807) is 4.90 Å². The van der Waals surface area contributed by atoms with Crippen LogP contribution in [0.1, 0.15) is 17.0 Å². The highest BCUT2D eigenvalue weighted by atomic mass is 16.2. The lowest BCUT2D eigenvalue weighted by Crippen LogP contribution is -2.39. The molecule has 0 aliphatic carbocycles. The Kier molecular flexibility index (Phi) is 2.79. The first-order valence-electron chi connectivity index (χ1n) is 6.23. The Morgan fingerprint density at radius 1 is 1.44 bits per heavy atom. The van der Waals surface area contributed by atoms with Gasteiger partial charge in [0, 0.05) is 31.6 Å². The maximum atomic E-state index is 11.3. The Balaban J connectivity index is 1.95. The molecule has 0 atom stereocenters. The molecule has 6 nitrogen and oxygen atoms in total. The molecule has 0 radical (unpaired) electrons. The van der Waals surface area contributed by atoms with Crippen molar-refractivity contribution < 1.29 is 4.79 Å². The molecule has 0 spiro atoms. The van der Waals surface area contributed by atoms with E-state index in [0.717, 1.165) is 31.7 Å². The van der Waals surface area contributed by atoms with Gasteiger partial charge in [-0.3, -0.25) is 4.68 Å². The minimum absolute atomic E-state index is 0.348. The standard InChI is InChI=1S/C12H17N5O/c13-12(18)16-6-3-10-9(8-16)11-7-14-4-1-2-5-17(11)15-10/h1-2,14H,3-8H2,(H2,13,18)/b2-1-. The van der Waals surface area contributed by atoms with Gasteiger partial charge in [0.2, 0.25) is 0 Å². The Morgan fingerprint density at radius 2 is 2.33 bits per heavy atom. The lowest BCUT2D eigenvalue weighted by Gasteiger charge is -2.25. The second-order valence-electron chi connectivity index (χ2n) is 4.67. The van der Waals surface area contributed by atoms with Gasteiger partial charge in [-0.1, -0.05) is 12.2 Å². The second kappa shape index (κ2) is 4.45. The zero-order chi connectivity index (χ0) is 12.5. The zero-order valence-corrected chi connectivity index (χ0v) is 10.2. The summed E-state index contributed by atoms with van der Waals surface area (Å²) < 4.78 is 2.03. The summed E-state index contributed by atoms with van der Waals surface area (Å²) >= 11 is 0. The third-order valence-electron chi connectivity index (χ3n) is 3.53. The number of primary amides is 1. The first-order chi connectivity index (χ1) is 8.75. The van der Waals surface area contributed by atoms with E-state index >= 15 is 0 Å². The summed E-state index contributed by atoms with van der Waals surface area (Å²) in [5.74, 6) is 0. The van der Waals surface area contributed by atoms with Gasteiger partial charge in [-0.2, -0.15) is 5.10 Å². The van der Waals surface area contributed by atoms with E-state index in [0.29, 0.717) is 13.1 Å². The molecule has 2 amide bonds. The number of amides is 2. The van der Waals surface area contributed by atoms with Crippen molar-refractivity contribution in [3.8, 4) is 0 Å². The van der Waals surface area contributed by atoms with E-state index in [2.05, 4.69) is 22.6 Å². The van der Waals surface area contributed by atoms with Crippen LogP contribution in [0, 0.1) is 0 Å². The number of aromatic nitrogens is 2. The highest BCUT2D eigenvalue weighted by Crippen LogP contribution is 2.22. The average molecular weight is 247 g/mol. The van der Waals surface area contributed by atoms with Gasteiger partial charge in [-0.25, -0.2) is 4.79 Å². The molecular weight excluding hydrogens is 230 g/mol. The minimum atomic E-state index is -0.348. The van der Waals surface area contributed by atoms with Crippen LogP contribution in [0.15, 0.2) is 12.2 Å². The Morgan fingerprint density at radius 3 is 3.17 bits per heavy atom. The van der Waals surface area contributed by atoms with Crippen molar-refractivity contribution in [2.24, 2.45) is 5.73 Å². The van der Waals surface area contributed by atoms with E-state index < -0.39 is 0 Å². The number of nitrogens with zero attached hydrogens (tertiary/aromatic N) is 3. The van der Waals surface area contributed by atoms with Crippen LogP contribution < -0.4 is 11.1 Å². The molecule has 6 heteroatoms. The molecule has 0 saturated carbocycles. The number of hydrogen-bond acceptors (Lipinski definition) is 3. The van der Waals surface area contributed by atoms with Crippen molar-refractivity contribution in [3.05, 3.63) is 29.1 Å². The number of nitrogens with two attached hydrogens (primary N) is 1. The number of allylic oxidation sites excluding steroid dienone is 1. The van der Waals surface area contributed by atoms with Crippen molar-refractivity contribution in [1.82, 2.24) is 20.0 Å². The number of hydrogen-bond donors (Lipinski definition) is 2. The number of fused-ring (bicyclic) bond motifs is 3. The van der Waals surface area contributed by atoms with Gasteiger partial charge in [0.15, 0.2) is 0 Å². The lowest BCUT2D eigenvalue weighted by molar-refractivity contribution is 0.202. The minimum Gasteiger partial charge on any atom is -0.351 e. The zero-order valence-electron chi connectivity index (χ0n) is 10.2. The Bertz CT molecular complexity index is 505. The van der Waals surface area contributed by atoms with Crippen LogP contribution in [0.5, 0.6) is 0 Å². The molecule has 0 fully saturated rings. The summed E-state index contributed by atoms with van der Waals surface area (Å²) in [6.45, 7) is 3.73. The van der Waals surface area contributed by atoms with Gasteiger partial charge in [0.1, 0.15) is 0 Å². The molecular formula is C12H17N5O. The average Bonchev–Trinajstić information content (AvgIpc) is 2.65. The molecule has 3 heterocycles. The van der Waals surface area contributed by atoms with Crippen LogP contribution in [-0.2, 0) is 26.1 Å². The summed E-state index contributed by atoms with van der Waals surface area (Å²) in [6.07, 6.45) is 5.02. The van der Waals surface area contributed by atoms with Crippen LogP contribution in [0.25, 0.3) is 0 Å². The molecule has 0 saturated heterocycles. The Hall–Kier alpha value is -1.82. The van der Waals surface area contributed by atoms with Gasteiger partial charge < -0.3 is 16.0 Å².